The number of aliphatic hydroxyl groups excluding tert-OH is 1. The maximum Gasteiger partial charge on any atom is 0.338 e. The van der Waals surface area contributed by atoms with Crippen LogP contribution in [-0.2, 0) is 13.9 Å². The van der Waals surface area contributed by atoms with Crippen molar-refractivity contribution in [2.45, 2.75) is 12.2 Å². The van der Waals surface area contributed by atoms with Crippen molar-refractivity contribution in [1.29, 1.82) is 0 Å². The number of nitrogens with one attached hydrogen (secondary N) is 1. The number of aliphatic hydroxyl groups is 1. The highest BCUT2D eigenvalue weighted by molar-refractivity contribution is 6.09. The first-order valence-corrected chi connectivity index (χ1v) is 4.91. The number of carbonyl (C=O) groups is 2. The molecule has 1 amide bonds. The number of halogens is 1. The average Bonchev–Trinajstić information content (AvgIpc) is 2.30. The topological polar surface area (TPSA) is 95.9 Å². The molecule has 92 valence electrons. The fourth-order valence-corrected chi connectivity index (χ4v) is 1.27. The molecule has 0 saturated heterocycles. The van der Waals surface area contributed by atoms with Gasteiger partial charge in [0.2, 0.25) is 6.10 Å². The Morgan fingerprint density at radius 1 is 1.29 bits per heavy atom. The van der Waals surface area contributed by atoms with Crippen molar-refractivity contribution in [3.8, 4) is 0 Å². The standard InChI is InChI=1S/C10H10ClNO5/c11-17-8(10(15)16)7(13)9(14)12-6-4-2-1-3-5-6/h1-5,7-8,13H,(H,12,14)(H,15,16)/t7-,8+/m0/s1. The Balaban J connectivity index is 2.67. The Kier molecular flexibility index (Phi) is 4.89. The third-order valence-electron chi connectivity index (χ3n) is 1.94. The summed E-state index contributed by atoms with van der Waals surface area (Å²) >= 11 is 4.88. The van der Waals surface area contributed by atoms with E-state index in [1.54, 1.807) is 30.3 Å². The van der Waals surface area contributed by atoms with Gasteiger partial charge in [-0.3, -0.25) is 9.08 Å². The van der Waals surface area contributed by atoms with Crippen LogP contribution in [0.4, 0.5) is 5.69 Å². The van der Waals surface area contributed by atoms with Gasteiger partial charge in [0.25, 0.3) is 5.91 Å². The van der Waals surface area contributed by atoms with E-state index < -0.39 is 24.1 Å². The van der Waals surface area contributed by atoms with Gasteiger partial charge in [-0.25, -0.2) is 4.79 Å². The number of amides is 1. The summed E-state index contributed by atoms with van der Waals surface area (Å²) < 4.78 is 3.99. The second kappa shape index (κ2) is 6.19. The molecule has 0 aromatic heterocycles. The molecule has 0 radical (unpaired) electrons. The summed E-state index contributed by atoms with van der Waals surface area (Å²) in [6, 6.07) is 8.27. The molecule has 0 heterocycles. The molecule has 7 heteroatoms. The summed E-state index contributed by atoms with van der Waals surface area (Å²) in [7, 11) is 0. The van der Waals surface area contributed by atoms with Crippen LogP contribution in [-0.4, -0.2) is 34.3 Å². The average molecular weight is 260 g/mol. The highest BCUT2D eigenvalue weighted by Gasteiger charge is 2.33. The Morgan fingerprint density at radius 2 is 1.88 bits per heavy atom. The molecule has 0 saturated carbocycles. The van der Waals surface area contributed by atoms with Gasteiger partial charge in [-0.1, -0.05) is 18.2 Å². The SMILES string of the molecule is O=C(Nc1ccccc1)[C@@H](O)[C@@H](OCl)C(=O)O. The molecule has 1 aromatic carbocycles. The minimum atomic E-state index is -1.90. The molecule has 6 nitrogen and oxygen atoms in total. The van der Waals surface area contributed by atoms with Gasteiger partial charge in [-0.05, 0) is 12.1 Å². The van der Waals surface area contributed by atoms with Gasteiger partial charge >= 0.3 is 5.97 Å². The van der Waals surface area contributed by atoms with Gasteiger partial charge in [-0.2, -0.15) is 0 Å². The maximum absolute atomic E-state index is 11.5. The molecule has 1 rings (SSSR count). The summed E-state index contributed by atoms with van der Waals surface area (Å²) in [5, 5.41) is 20.3. The van der Waals surface area contributed by atoms with Crippen molar-refractivity contribution in [2.24, 2.45) is 0 Å². The molecule has 3 N–H and O–H groups in total. The number of anilines is 1. The van der Waals surface area contributed by atoms with Gasteiger partial charge < -0.3 is 15.5 Å². The number of para-hydroxylation sites is 1. The zero-order valence-corrected chi connectivity index (χ0v) is 9.29. The number of hydrogen-bond donors (Lipinski definition) is 3. The number of rotatable bonds is 5. The largest absolute Gasteiger partial charge is 0.479 e. The zero-order valence-electron chi connectivity index (χ0n) is 8.54. The first kappa shape index (κ1) is 13.4. The van der Waals surface area contributed by atoms with Crippen LogP contribution >= 0.6 is 11.9 Å². The van der Waals surface area contributed by atoms with E-state index in [2.05, 4.69) is 9.61 Å². The van der Waals surface area contributed by atoms with Crippen LogP contribution in [0.25, 0.3) is 0 Å². The maximum atomic E-state index is 11.5. The lowest BCUT2D eigenvalue weighted by Crippen LogP contribution is -2.43. The predicted molar refractivity (Wildman–Crippen MR) is 59.4 cm³/mol. The Bertz CT molecular complexity index is 397. The van der Waals surface area contributed by atoms with Crippen LogP contribution < -0.4 is 5.32 Å². The predicted octanol–water partition coefficient (Wildman–Crippen LogP) is 0.610. The van der Waals surface area contributed by atoms with Crippen molar-refractivity contribution in [1.82, 2.24) is 0 Å². The highest BCUT2D eigenvalue weighted by Crippen LogP contribution is 2.09. The molecule has 0 aliphatic heterocycles. The lowest BCUT2D eigenvalue weighted by atomic mass is 10.2. The number of carboxylic acid groups (broad SMARTS) is 1. The molecular weight excluding hydrogens is 250 g/mol. The second-order valence-corrected chi connectivity index (χ2v) is 3.33. The second-order valence-electron chi connectivity index (χ2n) is 3.15. The van der Waals surface area contributed by atoms with Crippen molar-refractivity contribution in [2.75, 3.05) is 5.32 Å². The van der Waals surface area contributed by atoms with E-state index in [0.717, 1.165) is 0 Å². The van der Waals surface area contributed by atoms with Crippen LogP contribution in [0.15, 0.2) is 30.3 Å². The van der Waals surface area contributed by atoms with Crippen LogP contribution in [0.5, 0.6) is 0 Å². The normalized spacial score (nSPS) is 13.8. The van der Waals surface area contributed by atoms with Gasteiger partial charge in [0.15, 0.2) is 6.10 Å². The van der Waals surface area contributed by atoms with E-state index in [1.165, 1.54) is 0 Å². The van der Waals surface area contributed by atoms with E-state index >= 15 is 0 Å². The van der Waals surface area contributed by atoms with Crippen molar-refractivity contribution < 1.29 is 24.1 Å². The molecule has 0 bridgehead atoms. The molecule has 0 fully saturated rings. The first-order chi connectivity index (χ1) is 8.06. The lowest BCUT2D eigenvalue weighted by Gasteiger charge is -2.15. The molecule has 17 heavy (non-hydrogen) atoms. The monoisotopic (exact) mass is 259 g/mol. The summed E-state index contributed by atoms with van der Waals surface area (Å²) in [6.45, 7) is 0. The van der Waals surface area contributed by atoms with Gasteiger partial charge in [0.1, 0.15) is 0 Å². The van der Waals surface area contributed by atoms with Gasteiger partial charge in [-0.15, -0.1) is 0 Å². The number of carboxylic acids is 1. The van der Waals surface area contributed by atoms with E-state index in [4.69, 9.17) is 17.0 Å². The molecular formula is C10H10ClNO5. The van der Waals surface area contributed by atoms with Crippen LogP contribution in [0.3, 0.4) is 0 Å². The number of aliphatic carboxylic acids is 1. The van der Waals surface area contributed by atoms with Crippen molar-refractivity contribution in [3.05, 3.63) is 30.3 Å². The first-order valence-electron chi connectivity index (χ1n) is 4.60. The number of carbonyl (C=O) groups excluding carboxylic acids is 1. The Hall–Kier alpha value is -1.63. The fraction of sp³-hybridized carbons (Fsp3) is 0.200. The third kappa shape index (κ3) is 3.70. The highest BCUT2D eigenvalue weighted by atomic mass is 35.5. The number of benzene rings is 1. The molecule has 0 unspecified atom stereocenters. The van der Waals surface area contributed by atoms with E-state index in [0.29, 0.717) is 5.69 Å². The quantitative estimate of drug-likeness (QED) is 0.720. The minimum absolute atomic E-state index is 0.426. The zero-order chi connectivity index (χ0) is 12.8. The van der Waals surface area contributed by atoms with Crippen molar-refractivity contribution in [3.63, 3.8) is 0 Å². The summed E-state index contributed by atoms with van der Waals surface area (Å²) in [5.41, 5.74) is 0.426. The van der Waals surface area contributed by atoms with E-state index in [-0.39, 0.29) is 0 Å². The lowest BCUT2D eigenvalue weighted by molar-refractivity contribution is -0.154. The Morgan fingerprint density at radius 3 is 2.35 bits per heavy atom. The summed E-state index contributed by atoms with van der Waals surface area (Å²) in [5.74, 6) is -2.44. The molecule has 0 aliphatic carbocycles. The molecule has 2 atom stereocenters. The van der Waals surface area contributed by atoms with Crippen LogP contribution in [0, 0.1) is 0 Å². The molecule has 0 spiro atoms. The van der Waals surface area contributed by atoms with Crippen molar-refractivity contribution >= 4 is 29.4 Å². The molecule has 1 aromatic rings. The van der Waals surface area contributed by atoms with E-state index in [1.807, 2.05) is 0 Å². The van der Waals surface area contributed by atoms with Gasteiger partial charge in [0.05, 0.1) is 11.9 Å². The number of hydrogen-bond acceptors (Lipinski definition) is 4. The van der Waals surface area contributed by atoms with Crippen LogP contribution in [0.1, 0.15) is 0 Å². The van der Waals surface area contributed by atoms with Gasteiger partial charge in [0, 0.05) is 5.69 Å². The minimum Gasteiger partial charge on any atom is -0.479 e. The van der Waals surface area contributed by atoms with E-state index in [9.17, 15) is 14.7 Å². The molecule has 0 aliphatic rings. The third-order valence-corrected chi connectivity index (χ3v) is 2.13. The van der Waals surface area contributed by atoms with Crippen LogP contribution in [0.2, 0.25) is 0 Å². The summed E-state index contributed by atoms with van der Waals surface area (Å²) in [4.78, 5) is 22.0. The fourth-order valence-electron chi connectivity index (χ4n) is 1.10. The summed E-state index contributed by atoms with van der Waals surface area (Å²) in [6.07, 6.45) is -3.72. The Labute approximate surface area is 102 Å². The smallest absolute Gasteiger partial charge is 0.338 e.